The van der Waals surface area contributed by atoms with Gasteiger partial charge in [0.15, 0.2) is 0 Å². The lowest BCUT2D eigenvalue weighted by molar-refractivity contribution is 0.0954. The van der Waals surface area contributed by atoms with Gasteiger partial charge in [-0.1, -0.05) is 48.0 Å². The van der Waals surface area contributed by atoms with Crippen molar-refractivity contribution in [3.05, 3.63) is 70.8 Å². The van der Waals surface area contributed by atoms with E-state index < -0.39 is 0 Å². The molecule has 0 aromatic heterocycles. The smallest absolute Gasteiger partial charge is 0.267 e. The minimum Gasteiger partial charge on any atom is -0.267 e. The van der Waals surface area contributed by atoms with Crippen molar-refractivity contribution in [3.8, 4) is 0 Å². The van der Waals surface area contributed by atoms with Crippen LogP contribution in [0.1, 0.15) is 27.0 Å². The third-order valence-electron chi connectivity index (χ3n) is 2.85. The zero-order valence-corrected chi connectivity index (χ0v) is 11.1. The molecule has 0 saturated carbocycles. The van der Waals surface area contributed by atoms with Crippen molar-refractivity contribution in [2.75, 3.05) is 0 Å². The first-order chi connectivity index (χ1) is 9.16. The van der Waals surface area contributed by atoms with E-state index in [-0.39, 0.29) is 5.91 Å². The van der Waals surface area contributed by atoms with E-state index in [0.29, 0.717) is 5.56 Å². The molecule has 0 saturated heterocycles. The molecule has 1 amide bonds. The van der Waals surface area contributed by atoms with Crippen LogP contribution in [0, 0.1) is 13.8 Å². The molecule has 0 aliphatic rings. The Morgan fingerprint density at radius 3 is 2.42 bits per heavy atom. The molecule has 0 unspecified atom stereocenters. The summed E-state index contributed by atoms with van der Waals surface area (Å²) in [5.74, 6) is -0.193. The summed E-state index contributed by atoms with van der Waals surface area (Å²) in [6.07, 6.45) is 1.63. The molecule has 96 valence electrons. The summed E-state index contributed by atoms with van der Waals surface area (Å²) in [4.78, 5) is 11.9. The zero-order chi connectivity index (χ0) is 13.7. The molecule has 0 atom stereocenters. The average Bonchev–Trinajstić information content (AvgIpc) is 2.41. The number of hydrogen-bond acceptors (Lipinski definition) is 2. The number of nitrogens with one attached hydrogen (secondary N) is 1. The van der Waals surface area contributed by atoms with E-state index in [9.17, 15) is 4.79 Å². The molecule has 19 heavy (non-hydrogen) atoms. The number of hydrogen-bond donors (Lipinski definition) is 1. The second-order valence-electron chi connectivity index (χ2n) is 4.42. The summed E-state index contributed by atoms with van der Waals surface area (Å²) in [6, 6.07) is 15.4. The van der Waals surface area contributed by atoms with Gasteiger partial charge in [-0.2, -0.15) is 5.10 Å². The molecule has 0 aliphatic carbocycles. The van der Waals surface area contributed by atoms with Gasteiger partial charge >= 0.3 is 0 Å². The van der Waals surface area contributed by atoms with Gasteiger partial charge in [-0.25, -0.2) is 5.43 Å². The van der Waals surface area contributed by atoms with Gasteiger partial charge in [0.1, 0.15) is 0 Å². The number of aryl methyl sites for hydroxylation is 2. The predicted octanol–water partition coefficient (Wildman–Crippen LogP) is 3.07. The lowest BCUT2D eigenvalue weighted by Crippen LogP contribution is -2.18. The monoisotopic (exact) mass is 252 g/mol. The second-order valence-corrected chi connectivity index (χ2v) is 4.42. The number of rotatable bonds is 3. The Morgan fingerprint density at radius 1 is 1.05 bits per heavy atom. The summed E-state index contributed by atoms with van der Waals surface area (Å²) >= 11 is 0. The van der Waals surface area contributed by atoms with Gasteiger partial charge in [0.2, 0.25) is 0 Å². The third kappa shape index (κ3) is 3.52. The van der Waals surface area contributed by atoms with Crippen LogP contribution in [0.3, 0.4) is 0 Å². The average molecular weight is 252 g/mol. The van der Waals surface area contributed by atoms with Crippen molar-refractivity contribution < 1.29 is 4.79 Å². The molecule has 0 spiro atoms. The molecule has 2 aromatic rings. The Kier molecular flexibility index (Phi) is 4.08. The molecule has 0 heterocycles. The molecule has 2 aromatic carbocycles. The molecular formula is C16H16N2O. The molecule has 2 rings (SSSR count). The van der Waals surface area contributed by atoms with Crippen LogP contribution < -0.4 is 5.43 Å². The number of benzene rings is 2. The Bertz CT molecular complexity index is 600. The molecule has 0 bridgehead atoms. The van der Waals surface area contributed by atoms with E-state index in [1.54, 1.807) is 12.3 Å². The van der Waals surface area contributed by atoms with E-state index in [2.05, 4.69) is 10.5 Å². The summed E-state index contributed by atoms with van der Waals surface area (Å²) < 4.78 is 0. The number of hydrazone groups is 1. The zero-order valence-electron chi connectivity index (χ0n) is 11.1. The van der Waals surface area contributed by atoms with E-state index in [1.807, 2.05) is 56.3 Å². The lowest BCUT2D eigenvalue weighted by atomic mass is 10.1. The van der Waals surface area contributed by atoms with Crippen molar-refractivity contribution in [1.29, 1.82) is 0 Å². The Hall–Kier alpha value is -2.42. The third-order valence-corrected chi connectivity index (χ3v) is 2.85. The van der Waals surface area contributed by atoms with Gasteiger partial charge in [-0.15, -0.1) is 0 Å². The standard InChI is InChI=1S/C16H16N2O/c1-12-7-9-14(10-8-12)11-17-18-16(19)15-6-4-3-5-13(15)2/h3-11H,1-2H3,(H,18,19)/b17-11-. The van der Waals surface area contributed by atoms with Crippen molar-refractivity contribution in [2.45, 2.75) is 13.8 Å². The first kappa shape index (κ1) is 13.0. The Balaban J connectivity index is 2.01. The number of carbonyl (C=O) groups is 1. The van der Waals surface area contributed by atoms with Gasteiger partial charge in [-0.3, -0.25) is 4.79 Å². The number of nitrogens with zero attached hydrogens (tertiary/aromatic N) is 1. The highest BCUT2D eigenvalue weighted by Gasteiger charge is 2.05. The maximum Gasteiger partial charge on any atom is 0.271 e. The van der Waals surface area contributed by atoms with Gasteiger partial charge in [0.05, 0.1) is 6.21 Å². The molecule has 1 N–H and O–H groups in total. The van der Waals surface area contributed by atoms with Gasteiger partial charge < -0.3 is 0 Å². The topological polar surface area (TPSA) is 41.5 Å². The van der Waals surface area contributed by atoms with Gasteiger partial charge in [0, 0.05) is 5.56 Å². The van der Waals surface area contributed by atoms with Crippen LogP contribution in [0.5, 0.6) is 0 Å². The molecule has 0 aliphatic heterocycles. The van der Waals surface area contributed by atoms with Crippen LogP contribution in [0.2, 0.25) is 0 Å². The van der Waals surface area contributed by atoms with E-state index >= 15 is 0 Å². The quantitative estimate of drug-likeness (QED) is 0.662. The maximum atomic E-state index is 11.9. The molecule has 3 heteroatoms. The highest BCUT2D eigenvalue weighted by molar-refractivity contribution is 5.96. The lowest BCUT2D eigenvalue weighted by Gasteiger charge is -2.02. The molecule has 3 nitrogen and oxygen atoms in total. The Morgan fingerprint density at radius 2 is 1.74 bits per heavy atom. The first-order valence-corrected chi connectivity index (χ1v) is 6.12. The number of carbonyl (C=O) groups excluding carboxylic acids is 1. The van der Waals surface area contributed by atoms with Crippen LogP contribution in [-0.2, 0) is 0 Å². The van der Waals surface area contributed by atoms with Crippen LogP contribution >= 0.6 is 0 Å². The van der Waals surface area contributed by atoms with Crippen molar-refractivity contribution in [3.63, 3.8) is 0 Å². The summed E-state index contributed by atoms with van der Waals surface area (Å²) in [5, 5.41) is 3.96. The normalized spacial score (nSPS) is 10.6. The minimum atomic E-state index is -0.193. The van der Waals surface area contributed by atoms with Crippen molar-refractivity contribution >= 4 is 12.1 Å². The molecule has 0 fully saturated rings. The van der Waals surface area contributed by atoms with Crippen LogP contribution in [-0.4, -0.2) is 12.1 Å². The van der Waals surface area contributed by atoms with E-state index in [0.717, 1.165) is 11.1 Å². The largest absolute Gasteiger partial charge is 0.271 e. The fraction of sp³-hybridized carbons (Fsp3) is 0.125. The molecule has 0 radical (unpaired) electrons. The SMILES string of the molecule is Cc1ccc(/C=N\NC(=O)c2ccccc2C)cc1. The fourth-order valence-electron chi connectivity index (χ4n) is 1.71. The number of amides is 1. The van der Waals surface area contributed by atoms with Crippen LogP contribution in [0.15, 0.2) is 53.6 Å². The summed E-state index contributed by atoms with van der Waals surface area (Å²) in [6.45, 7) is 3.93. The van der Waals surface area contributed by atoms with Crippen LogP contribution in [0.25, 0.3) is 0 Å². The van der Waals surface area contributed by atoms with Crippen molar-refractivity contribution in [2.24, 2.45) is 5.10 Å². The summed E-state index contributed by atoms with van der Waals surface area (Å²) in [7, 11) is 0. The minimum absolute atomic E-state index is 0.193. The fourth-order valence-corrected chi connectivity index (χ4v) is 1.71. The molecular weight excluding hydrogens is 236 g/mol. The van der Waals surface area contributed by atoms with Crippen molar-refractivity contribution in [1.82, 2.24) is 5.43 Å². The predicted molar refractivity (Wildman–Crippen MR) is 77.4 cm³/mol. The second kappa shape index (κ2) is 5.96. The van der Waals surface area contributed by atoms with E-state index in [1.165, 1.54) is 5.56 Å². The Labute approximate surface area is 113 Å². The van der Waals surface area contributed by atoms with Crippen LogP contribution in [0.4, 0.5) is 0 Å². The highest BCUT2D eigenvalue weighted by Crippen LogP contribution is 2.06. The first-order valence-electron chi connectivity index (χ1n) is 6.12. The van der Waals surface area contributed by atoms with Gasteiger partial charge in [0.25, 0.3) is 5.91 Å². The maximum absolute atomic E-state index is 11.9. The van der Waals surface area contributed by atoms with Gasteiger partial charge in [-0.05, 0) is 31.0 Å². The van der Waals surface area contributed by atoms with E-state index in [4.69, 9.17) is 0 Å². The highest BCUT2D eigenvalue weighted by atomic mass is 16.2. The summed E-state index contributed by atoms with van der Waals surface area (Å²) in [5.41, 5.74) is 6.26.